The number of ketones is 1. The highest BCUT2D eigenvalue weighted by Gasteiger charge is 2.24. The Morgan fingerprint density at radius 2 is 1.79 bits per heavy atom. The average molecular weight is 260 g/mol. The van der Waals surface area contributed by atoms with Crippen LogP contribution in [0.2, 0.25) is 0 Å². The number of hydrogen-bond donors (Lipinski definition) is 0. The van der Waals surface area contributed by atoms with E-state index >= 15 is 0 Å². The molecule has 0 aromatic heterocycles. The Morgan fingerprint density at radius 1 is 0.947 bits per heavy atom. The van der Waals surface area contributed by atoms with E-state index < -0.39 is 0 Å². The van der Waals surface area contributed by atoms with Crippen LogP contribution in [0.4, 0.5) is 0 Å². The maximum atomic E-state index is 12.2. The lowest BCUT2D eigenvalue weighted by Crippen LogP contribution is -2.10. The van der Waals surface area contributed by atoms with Crippen molar-refractivity contribution in [2.45, 2.75) is 44.4 Å². The first kappa shape index (κ1) is 12.5. The first-order valence-corrected chi connectivity index (χ1v) is 7.27. The molecule has 1 heterocycles. The van der Waals surface area contributed by atoms with Crippen LogP contribution in [0.3, 0.4) is 0 Å². The fourth-order valence-corrected chi connectivity index (χ4v) is 2.91. The van der Waals surface area contributed by atoms with Crippen molar-refractivity contribution in [3.05, 3.63) is 23.8 Å². The van der Waals surface area contributed by atoms with Crippen molar-refractivity contribution in [2.24, 2.45) is 0 Å². The number of carbonyl (C=O) groups is 1. The van der Waals surface area contributed by atoms with Gasteiger partial charge in [-0.3, -0.25) is 4.79 Å². The van der Waals surface area contributed by atoms with Crippen LogP contribution in [0.15, 0.2) is 18.2 Å². The van der Waals surface area contributed by atoms with Gasteiger partial charge in [0.2, 0.25) is 0 Å². The maximum absolute atomic E-state index is 12.2. The summed E-state index contributed by atoms with van der Waals surface area (Å²) < 4.78 is 11.3. The first-order chi connectivity index (χ1) is 9.34. The molecule has 0 bridgehead atoms. The van der Waals surface area contributed by atoms with Crippen LogP contribution >= 0.6 is 0 Å². The summed E-state index contributed by atoms with van der Waals surface area (Å²) in [6, 6.07) is 5.99. The van der Waals surface area contributed by atoms with Crippen molar-refractivity contribution < 1.29 is 14.3 Å². The molecule has 1 aromatic rings. The van der Waals surface area contributed by atoms with Gasteiger partial charge < -0.3 is 9.47 Å². The number of rotatable bonds is 1. The quantitative estimate of drug-likeness (QED) is 0.725. The molecule has 2 aliphatic rings. The van der Waals surface area contributed by atoms with Crippen LogP contribution in [-0.4, -0.2) is 19.0 Å². The van der Waals surface area contributed by atoms with E-state index in [1.165, 1.54) is 6.42 Å². The van der Waals surface area contributed by atoms with Crippen molar-refractivity contribution >= 4 is 5.78 Å². The molecule has 1 aliphatic carbocycles. The maximum Gasteiger partial charge on any atom is 0.161 e. The van der Waals surface area contributed by atoms with Gasteiger partial charge in [-0.05, 0) is 30.5 Å². The van der Waals surface area contributed by atoms with Crippen molar-refractivity contribution in [1.29, 1.82) is 0 Å². The second kappa shape index (κ2) is 5.64. The minimum atomic E-state index is 0.0552. The van der Waals surface area contributed by atoms with Crippen molar-refractivity contribution in [2.75, 3.05) is 13.2 Å². The molecular weight excluding hydrogens is 240 g/mol. The Labute approximate surface area is 113 Å². The van der Waals surface area contributed by atoms with Crippen LogP contribution in [0.1, 0.15) is 50.0 Å². The molecule has 0 amide bonds. The number of benzene rings is 1. The Bertz CT molecular complexity index is 467. The highest BCUT2D eigenvalue weighted by atomic mass is 16.5. The first-order valence-electron chi connectivity index (χ1n) is 7.27. The molecule has 0 N–H and O–H groups in total. The summed E-state index contributed by atoms with van der Waals surface area (Å²) in [7, 11) is 0. The summed E-state index contributed by atoms with van der Waals surface area (Å²) in [4.78, 5) is 12.2. The fourth-order valence-electron chi connectivity index (χ4n) is 2.91. The number of fused-ring (bicyclic) bond motifs is 1. The predicted molar refractivity (Wildman–Crippen MR) is 72.9 cm³/mol. The zero-order valence-electron chi connectivity index (χ0n) is 11.2. The van der Waals surface area contributed by atoms with E-state index in [1.54, 1.807) is 0 Å². The molecule has 1 unspecified atom stereocenters. The Morgan fingerprint density at radius 3 is 2.68 bits per heavy atom. The summed E-state index contributed by atoms with van der Waals surface area (Å²) in [5, 5.41) is 0. The van der Waals surface area contributed by atoms with Gasteiger partial charge in [-0.2, -0.15) is 0 Å². The normalized spacial score (nSPS) is 23.6. The van der Waals surface area contributed by atoms with Gasteiger partial charge >= 0.3 is 0 Å². The Kier molecular flexibility index (Phi) is 3.72. The number of Topliss-reactive ketones (excluding diaryl/α,β-unsaturated/α-hetero) is 1. The summed E-state index contributed by atoms with van der Waals surface area (Å²) in [5.41, 5.74) is 1.09. The molecule has 3 nitrogen and oxygen atoms in total. The summed E-state index contributed by atoms with van der Waals surface area (Å²) in [6.45, 7) is 1.39. The molecule has 0 radical (unpaired) electrons. The van der Waals surface area contributed by atoms with E-state index in [-0.39, 0.29) is 5.92 Å². The average Bonchev–Trinajstić information content (AvgIpc) is 2.77. The van der Waals surface area contributed by atoms with Crippen molar-refractivity contribution in [1.82, 2.24) is 0 Å². The van der Waals surface area contributed by atoms with Gasteiger partial charge in [0.25, 0.3) is 0 Å². The molecule has 1 aliphatic heterocycles. The summed E-state index contributed by atoms with van der Waals surface area (Å²) >= 11 is 0. The topological polar surface area (TPSA) is 35.5 Å². The van der Waals surface area contributed by atoms with Crippen LogP contribution < -0.4 is 9.47 Å². The van der Waals surface area contributed by atoms with Crippen molar-refractivity contribution in [3.8, 4) is 11.5 Å². The molecule has 19 heavy (non-hydrogen) atoms. The Balaban J connectivity index is 1.87. The van der Waals surface area contributed by atoms with E-state index in [1.807, 2.05) is 18.2 Å². The van der Waals surface area contributed by atoms with Gasteiger partial charge in [-0.15, -0.1) is 0 Å². The van der Waals surface area contributed by atoms with Crippen molar-refractivity contribution in [3.63, 3.8) is 0 Å². The van der Waals surface area contributed by atoms with Crippen LogP contribution in [0.5, 0.6) is 11.5 Å². The second-order valence-electron chi connectivity index (χ2n) is 5.37. The standard InChI is InChI=1S/C16H20O3/c17-14-6-3-1-2-5-13(14)12-7-8-15-16(11-12)19-10-4-9-18-15/h7-8,11,13H,1-6,9-10H2. The monoisotopic (exact) mass is 260 g/mol. The molecular formula is C16H20O3. The largest absolute Gasteiger partial charge is 0.490 e. The molecule has 1 fully saturated rings. The van der Waals surface area contributed by atoms with Gasteiger partial charge in [0.1, 0.15) is 5.78 Å². The molecule has 3 rings (SSSR count). The lowest BCUT2D eigenvalue weighted by molar-refractivity contribution is -0.120. The van der Waals surface area contributed by atoms with Gasteiger partial charge in [-0.25, -0.2) is 0 Å². The predicted octanol–water partition coefficient (Wildman–Crippen LogP) is 3.46. The zero-order valence-corrected chi connectivity index (χ0v) is 11.2. The molecule has 1 saturated carbocycles. The van der Waals surface area contributed by atoms with Crippen LogP contribution in [0.25, 0.3) is 0 Å². The zero-order chi connectivity index (χ0) is 13.1. The third kappa shape index (κ3) is 2.75. The van der Waals surface area contributed by atoms with Gasteiger partial charge in [-0.1, -0.05) is 18.9 Å². The molecule has 1 aromatic carbocycles. The molecule has 102 valence electrons. The van der Waals surface area contributed by atoms with E-state index in [0.29, 0.717) is 19.0 Å². The number of ether oxygens (including phenoxy) is 2. The van der Waals surface area contributed by atoms with E-state index in [0.717, 1.165) is 49.2 Å². The van der Waals surface area contributed by atoms with Gasteiger partial charge in [0.15, 0.2) is 11.5 Å². The van der Waals surface area contributed by atoms with E-state index in [2.05, 4.69) is 0 Å². The Hall–Kier alpha value is -1.51. The third-order valence-electron chi connectivity index (χ3n) is 3.98. The lowest BCUT2D eigenvalue weighted by Gasteiger charge is -2.15. The number of hydrogen-bond acceptors (Lipinski definition) is 3. The minimum Gasteiger partial charge on any atom is -0.490 e. The van der Waals surface area contributed by atoms with Gasteiger partial charge in [0, 0.05) is 18.8 Å². The SMILES string of the molecule is O=C1CCCCCC1c1ccc2c(c1)OCCCO2. The number of carbonyl (C=O) groups excluding carboxylic acids is 1. The summed E-state index contributed by atoms with van der Waals surface area (Å²) in [6.07, 6.45) is 5.96. The third-order valence-corrected chi connectivity index (χ3v) is 3.98. The van der Waals surface area contributed by atoms with Gasteiger partial charge in [0.05, 0.1) is 13.2 Å². The van der Waals surface area contributed by atoms with E-state index in [9.17, 15) is 4.79 Å². The van der Waals surface area contributed by atoms with Crippen LogP contribution in [-0.2, 0) is 4.79 Å². The molecule has 1 atom stereocenters. The minimum absolute atomic E-state index is 0.0552. The molecule has 0 saturated heterocycles. The smallest absolute Gasteiger partial charge is 0.161 e. The molecule has 0 spiro atoms. The highest BCUT2D eigenvalue weighted by molar-refractivity contribution is 5.86. The summed E-state index contributed by atoms with van der Waals surface area (Å²) in [5.74, 6) is 2.04. The highest BCUT2D eigenvalue weighted by Crippen LogP contribution is 2.36. The molecule has 3 heteroatoms. The second-order valence-corrected chi connectivity index (χ2v) is 5.37. The van der Waals surface area contributed by atoms with Crippen LogP contribution in [0, 0.1) is 0 Å². The van der Waals surface area contributed by atoms with E-state index in [4.69, 9.17) is 9.47 Å². The fraction of sp³-hybridized carbons (Fsp3) is 0.562. The lowest BCUT2D eigenvalue weighted by atomic mass is 9.90.